The minimum Gasteiger partial charge on any atom is -0.494 e. The molecule has 0 saturated carbocycles. The number of hydrogen-bond donors (Lipinski definition) is 1. The molecule has 0 aliphatic carbocycles. The molecule has 1 amide bonds. The lowest BCUT2D eigenvalue weighted by atomic mass is 10.2. The molecule has 0 radical (unpaired) electrons. The van der Waals surface area contributed by atoms with Gasteiger partial charge in [0.15, 0.2) is 6.10 Å². The summed E-state index contributed by atoms with van der Waals surface area (Å²) in [6.07, 6.45) is -0.972. The molecular formula is C25H26N2O5S. The Morgan fingerprint density at radius 1 is 1.03 bits per heavy atom. The van der Waals surface area contributed by atoms with Crippen LogP contribution in [0, 0.1) is 0 Å². The first kappa shape index (κ1) is 22.7. The van der Waals surface area contributed by atoms with Crippen molar-refractivity contribution in [1.29, 1.82) is 0 Å². The Morgan fingerprint density at radius 3 is 2.55 bits per heavy atom. The van der Waals surface area contributed by atoms with Crippen molar-refractivity contribution in [2.24, 2.45) is 0 Å². The number of nitrogens with zero attached hydrogens (tertiary/aromatic N) is 1. The lowest BCUT2D eigenvalue weighted by Gasteiger charge is -2.34. The van der Waals surface area contributed by atoms with Crippen LogP contribution >= 0.6 is 0 Å². The molecule has 8 heteroatoms. The normalized spacial score (nSPS) is 15.3. The molecule has 1 aliphatic heterocycles. The average molecular weight is 467 g/mol. The Bertz CT molecular complexity index is 1210. The van der Waals surface area contributed by atoms with Gasteiger partial charge < -0.3 is 14.8 Å². The van der Waals surface area contributed by atoms with Crippen LogP contribution in [-0.2, 0) is 27.1 Å². The summed E-state index contributed by atoms with van der Waals surface area (Å²) in [5, 5.41) is 2.85. The molecule has 7 nitrogen and oxygen atoms in total. The van der Waals surface area contributed by atoms with Crippen molar-refractivity contribution >= 4 is 21.6 Å². The van der Waals surface area contributed by atoms with Crippen LogP contribution in [0.1, 0.15) is 18.1 Å². The summed E-state index contributed by atoms with van der Waals surface area (Å²) in [5.74, 6) is 0.538. The van der Waals surface area contributed by atoms with Crippen LogP contribution in [-0.4, -0.2) is 33.6 Å². The van der Waals surface area contributed by atoms with E-state index in [1.807, 2.05) is 37.3 Å². The van der Waals surface area contributed by atoms with E-state index in [0.717, 1.165) is 11.3 Å². The second kappa shape index (κ2) is 9.95. The third-order valence-electron chi connectivity index (χ3n) is 5.23. The molecule has 0 aromatic heterocycles. The van der Waals surface area contributed by atoms with Crippen LogP contribution in [0.15, 0.2) is 78.9 Å². The van der Waals surface area contributed by atoms with Gasteiger partial charge >= 0.3 is 0 Å². The molecule has 0 fully saturated rings. The van der Waals surface area contributed by atoms with Gasteiger partial charge in [-0.3, -0.25) is 9.10 Å². The third kappa shape index (κ3) is 5.46. The van der Waals surface area contributed by atoms with E-state index in [0.29, 0.717) is 23.6 Å². The molecule has 1 N–H and O–H groups in total. The van der Waals surface area contributed by atoms with E-state index in [-0.39, 0.29) is 24.7 Å². The summed E-state index contributed by atoms with van der Waals surface area (Å²) in [4.78, 5) is 12.9. The van der Waals surface area contributed by atoms with Crippen molar-refractivity contribution in [1.82, 2.24) is 5.32 Å². The second-order valence-electron chi connectivity index (χ2n) is 7.65. The monoisotopic (exact) mass is 466 g/mol. The SMILES string of the molecule is CCOc1cccc(CNC(=O)[C@H]2CN(S(=O)(=O)Cc3ccccc3)c3ccccc3O2)c1. The van der Waals surface area contributed by atoms with Gasteiger partial charge in [-0.05, 0) is 42.3 Å². The van der Waals surface area contributed by atoms with Gasteiger partial charge in [0, 0.05) is 6.54 Å². The number of fused-ring (bicyclic) bond motifs is 1. The third-order valence-corrected chi connectivity index (χ3v) is 6.95. The quantitative estimate of drug-likeness (QED) is 0.549. The molecule has 1 atom stereocenters. The molecule has 0 saturated heterocycles. The molecule has 172 valence electrons. The first-order chi connectivity index (χ1) is 16.0. The van der Waals surface area contributed by atoms with Crippen LogP contribution < -0.4 is 19.1 Å². The maximum Gasteiger partial charge on any atom is 0.263 e. The topological polar surface area (TPSA) is 84.9 Å². The predicted molar refractivity (Wildman–Crippen MR) is 127 cm³/mol. The number of anilines is 1. The number of benzene rings is 3. The summed E-state index contributed by atoms with van der Waals surface area (Å²) in [5.41, 5.74) is 1.98. The van der Waals surface area contributed by atoms with Crippen molar-refractivity contribution in [3.8, 4) is 11.5 Å². The van der Waals surface area contributed by atoms with Crippen LogP contribution in [0.2, 0.25) is 0 Å². The number of ether oxygens (including phenoxy) is 2. The zero-order chi connectivity index (χ0) is 23.3. The molecule has 3 aromatic rings. The van der Waals surface area contributed by atoms with Gasteiger partial charge in [-0.15, -0.1) is 0 Å². The molecule has 4 rings (SSSR count). The van der Waals surface area contributed by atoms with E-state index < -0.39 is 16.1 Å². The van der Waals surface area contributed by atoms with Crippen molar-refractivity contribution in [3.63, 3.8) is 0 Å². The smallest absolute Gasteiger partial charge is 0.263 e. The van der Waals surface area contributed by atoms with Crippen molar-refractivity contribution in [3.05, 3.63) is 90.0 Å². The van der Waals surface area contributed by atoms with E-state index in [9.17, 15) is 13.2 Å². The summed E-state index contributed by atoms with van der Waals surface area (Å²) < 4.78 is 39.2. The lowest BCUT2D eigenvalue weighted by molar-refractivity contribution is -0.127. The van der Waals surface area contributed by atoms with Gasteiger partial charge in [0.2, 0.25) is 10.0 Å². The zero-order valence-corrected chi connectivity index (χ0v) is 19.1. The van der Waals surface area contributed by atoms with E-state index in [2.05, 4.69) is 5.32 Å². The van der Waals surface area contributed by atoms with Crippen molar-refractivity contribution in [2.75, 3.05) is 17.5 Å². The highest BCUT2D eigenvalue weighted by Crippen LogP contribution is 2.35. The number of rotatable bonds is 8. The zero-order valence-electron chi connectivity index (χ0n) is 18.3. The summed E-state index contributed by atoms with van der Waals surface area (Å²) in [6.45, 7) is 2.64. The van der Waals surface area contributed by atoms with Gasteiger partial charge in [0.05, 0.1) is 24.6 Å². The fourth-order valence-corrected chi connectivity index (χ4v) is 5.26. The summed E-state index contributed by atoms with van der Waals surface area (Å²) in [6, 6.07) is 23.3. The fourth-order valence-electron chi connectivity index (χ4n) is 3.68. The van der Waals surface area contributed by atoms with Crippen LogP contribution in [0.25, 0.3) is 0 Å². The first-order valence-corrected chi connectivity index (χ1v) is 12.4. The number of carbonyl (C=O) groups is 1. The maximum absolute atomic E-state index is 13.3. The highest BCUT2D eigenvalue weighted by molar-refractivity contribution is 7.92. The number of amides is 1. The fraction of sp³-hybridized carbons (Fsp3) is 0.240. The Labute approximate surface area is 194 Å². The molecule has 3 aromatic carbocycles. The van der Waals surface area contributed by atoms with Gasteiger partial charge in [-0.2, -0.15) is 0 Å². The van der Waals surface area contributed by atoms with Crippen LogP contribution in [0.4, 0.5) is 5.69 Å². The highest BCUT2D eigenvalue weighted by Gasteiger charge is 2.36. The standard InChI is InChI=1S/C25H26N2O5S/c1-2-31-21-12-8-11-20(15-21)16-26-25(28)24-17-27(22-13-6-7-14-23(22)32-24)33(29,30)18-19-9-4-3-5-10-19/h3-15,24H,2,16-18H2,1H3,(H,26,28)/t24-/m1/s1. The minimum atomic E-state index is -3.74. The number of para-hydroxylation sites is 2. The van der Waals surface area contributed by atoms with Gasteiger partial charge in [-0.1, -0.05) is 54.6 Å². The van der Waals surface area contributed by atoms with E-state index >= 15 is 0 Å². The second-order valence-corrected chi connectivity index (χ2v) is 9.54. The number of nitrogens with one attached hydrogen (secondary N) is 1. The van der Waals surface area contributed by atoms with Crippen LogP contribution in [0.5, 0.6) is 11.5 Å². The Hall–Kier alpha value is -3.52. The Morgan fingerprint density at radius 2 is 1.76 bits per heavy atom. The summed E-state index contributed by atoms with van der Waals surface area (Å²) in [7, 11) is -3.74. The van der Waals surface area contributed by atoms with E-state index in [4.69, 9.17) is 9.47 Å². The maximum atomic E-state index is 13.3. The van der Waals surface area contributed by atoms with E-state index in [1.54, 1.807) is 48.5 Å². The number of sulfonamides is 1. The van der Waals surface area contributed by atoms with Gasteiger partial charge in [-0.25, -0.2) is 8.42 Å². The number of carbonyl (C=O) groups excluding carboxylic acids is 1. The Kier molecular flexibility index (Phi) is 6.84. The molecular weight excluding hydrogens is 440 g/mol. The van der Waals surface area contributed by atoms with Gasteiger partial charge in [0.1, 0.15) is 11.5 Å². The molecule has 0 bridgehead atoms. The minimum absolute atomic E-state index is 0.100. The number of hydrogen-bond acceptors (Lipinski definition) is 5. The van der Waals surface area contributed by atoms with Crippen molar-refractivity contribution in [2.45, 2.75) is 25.3 Å². The summed E-state index contributed by atoms with van der Waals surface area (Å²) >= 11 is 0. The van der Waals surface area contributed by atoms with Gasteiger partial charge in [0.25, 0.3) is 5.91 Å². The first-order valence-electron chi connectivity index (χ1n) is 10.8. The van der Waals surface area contributed by atoms with E-state index in [1.165, 1.54) is 4.31 Å². The predicted octanol–water partition coefficient (Wildman–Crippen LogP) is 3.50. The highest BCUT2D eigenvalue weighted by atomic mass is 32.2. The average Bonchev–Trinajstić information content (AvgIpc) is 2.82. The van der Waals surface area contributed by atoms with Crippen LogP contribution in [0.3, 0.4) is 0 Å². The Balaban J connectivity index is 1.51. The largest absolute Gasteiger partial charge is 0.494 e. The molecule has 1 aliphatic rings. The molecule has 0 spiro atoms. The molecule has 1 heterocycles. The molecule has 0 unspecified atom stereocenters. The molecule has 33 heavy (non-hydrogen) atoms. The lowest BCUT2D eigenvalue weighted by Crippen LogP contribution is -2.50. The van der Waals surface area contributed by atoms with Crippen molar-refractivity contribution < 1.29 is 22.7 Å².